The van der Waals surface area contributed by atoms with Crippen molar-refractivity contribution in [3.05, 3.63) is 59.4 Å². The minimum absolute atomic E-state index is 0.170. The van der Waals surface area contributed by atoms with Crippen molar-refractivity contribution in [3.63, 3.8) is 0 Å². The monoisotopic (exact) mass is 285 g/mol. The second-order valence-corrected chi connectivity index (χ2v) is 5.15. The first-order valence-electron chi connectivity index (χ1n) is 6.80. The third-order valence-electron chi connectivity index (χ3n) is 3.82. The van der Waals surface area contributed by atoms with Crippen LogP contribution in [-0.4, -0.2) is 13.0 Å². The first-order chi connectivity index (χ1) is 10.1. The Hall–Kier alpha value is -2.20. The average molecular weight is 285 g/mol. The van der Waals surface area contributed by atoms with Crippen LogP contribution in [0.25, 0.3) is 11.1 Å². The van der Waals surface area contributed by atoms with Gasteiger partial charge in [0.15, 0.2) is 0 Å². The van der Waals surface area contributed by atoms with Crippen LogP contribution in [0.4, 0.5) is 4.39 Å². The molecule has 0 aromatic heterocycles. The molecule has 2 aromatic rings. The minimum atomic E-state index is -0.395. The predicted octanol–water partition coefficient (Wildman–Crippen LogP) is 3.37. The van der Waals surface area contributed by atoms with Gasteiger partial charge in [0.1, 0.15) is 11.9 Å². The van der Waals surface area contributed by atoms with Gasteiger partial charge in [-0.2, -0.15) is 0 Å². The number of hydrogen-bond acceptors (Lipinski definition) is 2. The first kappa shape index (κ1) is 13.8. The Morgan fingerprint density at radius 2 is 1.86 bits per heavy atom. The Bertz CT molecular complexity index is 699. The third kappa shape index (κ3) is 2.32. The summed E-state index contributed by atoms with van der Waals surface area (Å²) in [6.07, 6.45) is -0.334. The summed E-state index contributed by atoms with van der Waals surface area (Å²) >= 11 is 0. The zero-order valence-corrected chi connectivity index (χ0v) is 11.9. The van der Waals surface area contributed by atoms with Gasteiger partial charge in [0, 0.05) is 14.0 Å². The number of amides is 1. The van der Waals surface area contributed by atoms with Gasteiger partial charge in [0.2, 0.25) is 5.91 Å². The standard InChI is InChI=1S/C17H16FNO2/c1-10(20)19-16-15-9-11(18)7-8-13(15)12-5-3-4-6-14(12)17(16)21-2/h3-9,16-17H,1-2H3,(H,19,20)/t16-,17+/m0/s1. The van der Waals surface area contributed by atoms with E-state index in [-0.39, 0.29) is 17.8 Å². The number of carbonyl (C=O) groups is 1. The SMILES string of the molecule is CO[C@@H]1c2ccccc2-c2ccc(F)cc2[C@@H]1NC(C)=O. The number of halogens is 1. The van der Waals surface area contributed by atoms with E-state index < -0.39 is 6.04 Å². The molecule has 21 heavy (non-hydrogen) atoms. The van der Waals surface area contributed by atoms with Gasteiger partial charge in [-0.25, -0.2) is 4.39 Å². The molecule has 0 saturated carbocycles. The lowest BCUT2D eigenvalue weighted by atomic mass is 9.80. The molecule has 108 valence electrons. The molecule has 2 atom stereocenters. The molecule has 0 saturated heterocycles. The predicted molar refractivity (Wildman–Crippen MR) is 78.1 cm³/mol. The maximum Gasteiger partial charge on any atom is 0.217 e. The molecule has 1 aliphatic rings. The molecule has 2 aromatic carbocycles. The molecule has 0 heterocycles. The van der Waals surface area contributed by atoms with Crippen LogP contribution >= 0.6 is 0 Å². The van der Waals surface area contributed by atoms with Crippen LogP contribution in [0.3, 0.4) is 0 Å². The van der Waals surface area contributed by atoms with Crippen LogP contribution in [0, 0.1) is 5.82 Å². The number of hydrogen-bond donors (Lipinski definition) is 1. The fourth-order valence-electron chi connectivity index (χ4n) is 3.00. The van der Waals surface area contributed by atoms with E-state index in [9.17, 15) is 9.18 Å². The Morgan fingerprint density at radius 3 is 2.57 bits per heavy atom. The van der Waals surface area contributed by atoms with Gasteiger partial charge < -0.3 is 10.1 Å². The number of ether oxygens (including phenoxy) is 1. The highest BCUT2D eigenvalue weighted by Crippen LogP contribution is 2.45. The van der Waals surface area contributed by atoms with Crippen LogP contribution in [0.15, 0.2) is 42.5 Å². The summed E-state index contributed by atoms with van der Waals surface area (Å²) in [5, 5.41) is 2.88. The maximum absolute atomic E-state index is 13.7. The summed E-state index contributed by atoms with van der Waals surface area (Å²) in [6.45, 7) is 1.45. The van der Waals surface area contributed by atoms with E-state index >= 15 is 0 Å². The number of carbonyl (C=O) groups excluding carboxylic acids is 1. The molecule has 3 nitrogen and oxygen atoms in total. The number of methoxy groups -OCH3 is 1. The van der Waals surface area contributed by atoms with Crippen molar-refractivity contribution in [2.24, 2.45) is 0 Å². The summed E-state index contributed by atoms with van der Waals surface area (Å²) in [4.78, 5) is 11.5. The van der Waals surface area contributed by atoms with E-state index in [1.807, 2.05) is 24.3 Å². The minimum Gasteiger partial charge on any atom is -0.374 e. The molecule has 0 aliphatic heterocycles. The third-order valence-corrected chi connectivity index (χ3v) is 3.82. The Balaban J connectivity index is 2.24. The number of fused-ring (bicyclic) bond motifs is 3. The van der Waals surface area contributed by atoms with E-state index in [0.717, 1.165) is 22.3 Å². The van der Waals surface area contributed by atoms with Crippen LogP contribution in [-0.2, 0) is 9.53 Å². The average Bonchev–Trinajstić information content (AvgIpc) is 2.47. The topological polar surface area (TPSA) is 38.3 Å². The lowest BCUT2D eigenvalue weighted by Gasteiger charge is -2.34. The van der Waals surface area contributed by atoms with Crippen molar-refractivity contribution < 1.29 is 13.9 Å². The van der Waals surface area contributed by atoms with E-state index in [1.165, 1.54) is 19.1 Å². The van der Waals surface area contributed by atoms with Gasteiger partial charge in [-0.1, -0.05) is 30.3 Å². The molecule has 4 heteroatoms. The molecule has 1 aliphatic carbocycles. The fraction of sp³-hybridized carbons (Fsp3) is 0.235. The summed E-state index contributed by atoms with van der Waals surface area (Å²) in [6, 6.07) is 12.1. The lowest BCUT2D eigenvalue weighted by molar-refractivity contribution is -0.120. The summed E-state index contributed by atoms with van der Waals surface area (Å²) in [5.41, 5.74) is 3.69. The molecule has 0 fully saturated rings. The highest BCUT2D eigenvalue weighted by Gasteiger charge is 2.34. The van der Waals surface area contributed by atoms with Gasteiger partial charge in [-0.05, 0) is 34.4 Å². The molecule has 0 radical (unpaired) electrons. The van der Waals surface area contributed by atoms with Crippen molar-refractivity contribution in [1.82, 2.24) is 5.32 Å². The molecular weight excluding hydrogens is 269 g/mol. The summed E-state index contributed by atoms with van der Waals surface area (Å²) < 4.78 is 19.2. The van der Waals surface area contributed by atoms with Gasteiger partial charge >= 0.3 is 0 Å². The molecular formula is C17H16FNO2. The van der Waals surface area contributed by atoms with E-state index in [1.54, 1.807) is 13.2 Å². The Morgan fingerprint density at radius 1 is 1.14 bits per heavy atom. The van der Waals surface area contributed by atoms with Crippen molar-refractivity contribution >= 4 is 5.91 Å². The maximum atomic E-state index is 13.7. The van der Waals surface area contributed by atoms with Gasteiger partial charge in [0.25, 0.3) is 0 Å². The number of benzene rings is 2. The largest absolute Gasteiger partial charge is 0.374 e. The van der Waals surface area contributed by atoms with Crippen LogP contribution in [0.2, 0.25) is 0 Å². The van der Waals surface area contributed by atoms with Crippen molar-refractivity contribution in [3.8, 4) is 11.1 Å². The van der Waals surface area contributed by atoms with Crippen LogP contribution in [0.5, 0.6) is 0 Å². The van der Waals surface area contributed by atoms with Crippen molar-refractivity contribution in [1.29, 1.82) is 0 Å². The van der Waals surface area contributed by atoms with Crippen molar-refractivity contribution in [2.45, 2.75) is 19.1 Å². The first-order valence-corrected chi connectivity index (χ1v) is 6.80. The Labute approximate surface area is 122 Å². The highest BCUT2D eigenvalue weighted by molar-refractivity contribution is 5.78. The highest BCUT2D eigenvalue weighted by atomic mass is 19.1. The second kappa shape index (κ2) is 5.30. The molecule has 0 spiro atoms. The van der Waals surface area contributed by atoms with Gasteiger partial charge in [0.05, 0.1) is 6.04 Å². The molecule has 3 rings (SSSR count). The van der Waals surface area contributed by atoms with Crippen LogP contribution < -0.4 is 5.32 Å². The van der Waals surface area contributed by atoms with Gasteiger partial charge in [-0.15, -0.1) is 0 Å². The lowest BCUT2D eigenvalue weighted by Crippen LogP contribution is -2.34. The smallest absolute Gasteiger partial charge is 0.217 e. The molecule has 1 amide bonds. The Kier molecular flexibility index (Phi) is 3.47. The molecule has 0 unspecified atom stereocenters. The number of rotatable bonds is 2. The quantitative estimate of drug-likeness (QED) is 0.918. The zero-order valence-electron chi connectivity index (χ0n) is 11.9. The fourth-order valence-corrected chi connectivity index (χ4v) is 3.00. The summed E-state index contributed by atoms with van der Waals surface area (Å²) in [5.74, 6) is -0.491. The van der Waals surface area contributed by atoms with Crippen molar-refractivity contribution in [2.75, 3.05) is 7.11 Å². The molecule has 0 bridgehead atoms. The summed E-state index contributed by atoms with van der Waals surface area (Å²) in [7, 11) is 1.60. The number of nitrogens with one attached hydrogen (secondary N) is 1. The van der Waals surface area contributed by atoms with Gasteiger partial charge in [-0.3, -0.25) is 4.79 Å². The van der Waals surface area contributed by atoms with E-state index in [4.69, 9.17) is 4.74 Å². The van der Waals surface area contributed by atoms with E-state index in [0.29, 0.717) is 0 Å². The normalized spacial score (nSPS) is 19.6. The second-order valence-electron chi connectivity index (χ2n) is 5.15. The van der Waals surface area contributed by atoms with E-state index in [2.05, 4.69) is 5.32 Å². The van der Waals surface area contributed by atoms with Crippen LogP contribution in [0.1, 0.15) is 30.2 Å². The zero-order chi connectivity index (χ0) is 15.0. The molecule has 1 N–H and O–H groups in total.